The lowest BCUT2D eigenvalue weighted by Gasteiger charge is -2.29. The minimum atomic E-state index is -3.33. The number of benzene rings is 2. The van der Waals surface area contributed by atoms with Crippen molar-refractivity contribution < 1.29 is 17.5 Å². The van der Waals surface area contributed by atoms with Crippen LogP contribution in [0.4, 0.5) is 15.8 Å². The zero-order valence-electron chi connectivity index (χ0n) is 17.7. The molecule has 0 amide bonds. The van der Waals surface area contributed by atoms with Crippen molar-refractivity contribution in [3.8, 4) is 0 Å². The van der Waals surface area contributed by atoms with Crippen molar-refractivity contribution in [1.29, 1.82) is 0 Å². The van der Waals surface area contributed by atoms with E-state index in [-0.39, 0.29) is 11.6 Å². The number of sulfonamides is 1. The molecule has 3 aliphatic rings. The van der Waals surface area contributed by atoms with Gasteiger partial charge in [-0.15, -0.1) is 0 Å². The van der Waals surface area contributed by atoms with E-state index in [0.717, 1.165) is 17.8 Å². The number of morpholine rings is 1. The second-order valence-electron chi connectivity index (χ2n) is 8.84. The van der Waals surface area contributed by atoms with Gasteiger partial charge in [0.2, 0.25) is 10.0 Å². The minimum Gasteiger partial charge on any atom is -0.385 e. The lowest BCUT2D eigenvalue weighted by molar-refractivity contribution is 0.122. The first-order chi connectivity index (χ1) is 15.4. The molecular weight excluding hydrogens is 453 g/mol. The van der Waals surface area contributed by atoms with Crippen LogP contribution in [0.2, 0.25) is 5.02 Å². The highest BCUT2D eigenvalue weighted by Gasteiger charge is 2.57. The van der Waals surface area contributed by atoms with Crippen LogP contribution >= 0.6 is 11.6 Å². The normalized spacial score (nSPS) is 25.6. The minimum absolute atomic E-state index is 0.00128. The van der Waals surface area contributed by atoms with Gasteiger partial charge in [0.1, 0.15) is 5.82 Å². The van der Waals surface area contributed by atoms with E-state index in [1.165, 1.54) is 0 Å². The Balaban J connectivity index is 1.12. The number of rotatable bonds is 7. The highest BCUT2D eigenvalue weighted by Crippen LogP contribution is 2.52. The van der Waals surface area contributed by atoms with Gasteiger partial charge in [-0.3, -0.25) is 0 Å². The summed E-state index contributed by atoms with van der Waals surface area (Å²) in [6, 6.07) is 12.2. The highest BCUT2D eigenvalue weighted by atomic mass is 35.5. The number of hydrogen-bond donors (Lipinski definition) is 1. The van der Waals surface area contributed by atoms with E-state index in [1.807, 2.05) is 17.0 Å². The summed E-state index contributed by atoms with van der Waals surface area (Å²) in [5.41, 5.74) is 2.12. The quantitative estimate of drug-likeness (QED) is 0.659. The first-order valence-electron chi connectivity index (χ1n) is 11.0. The predicted octanol–water partition coefficient (Wildman–Crippen LogP) is 3.44. The van der Waals surface area contributed by atoms with Crippen molar-refractivity contribution in [3.05, 3.63) is 58.9 Å². The van der Waals surface area contributed by atoms with E-state index in [2.05, 4.69) is 5.32 Å². The average Bonchev–Trinajstić information content (AvgIpc) is 3.22. The zero-order valence-corrected chi connectivity index (χ0v) is 19.3. The molecular formula is C23H27ClFN3O3S. The van der Waals surface area contributed by atoms with Crippen molar-refractivity contribution in [1.82, 2.24) is 4.31 Å². The number of nitrogens with one attached hydrogen (secondary N) is 1. The van der Waals surface area contributed by atoms with Crippen molar-refractivity contribution in [3.63, 3.8) is 0 Å². The Hall–Kier alpha value is -1.87. The Labute approximate surface area is 193 Å². The molecule has 0 spiro atoms. The van der Waals surface area contributed by atoms with E-state index in [4.69, 9.17) is 16.3 Å². The summed E-state index contributed by atoms with van der Waals surface area (Å²) in [5.74, 6) is 0.952. The fourth-order valence-corrected chi connectivity index (χ4v) is 6.66. The summed E-state index contributed by atoms with van der Waals surface area (Å²) in [6.45, 7) is 4.51. The van der Waals surface area contributed by atoms with Crippen LogP contribution in [0.25, 0.3) is 0 Å². The maximum Gasteiger partial charge on any atom is 0.218 e. The molecule has 2 saturated heterocycles. The largest absolute Gasteiger partial charge is 0.385 e. The molecule has 1 N–H and O–H groups in total. The molecule has 2 atom stereocenters. The van der Waals surface area contributed by atoms with Crippen molar-refractivity contribution in [2.75, 3.05) is 56.2 Å². The van der Waals surface area contributed by atoms with E-state index < -0.39 is 10.0 Å². The molecule has 2 aromatic rings. The molecule has 0 radical (unpaired) electrons. The van der Waals surface area contributed by atoms with Gasteiger partial charge in [0.25, 0.3) is 0 Å². The molecule has 1 saturated carbocycles. The molecule has 5 rings (SSSR count). The number of nitrogens with zero attached hydrogens (tertiary/aromatic N) is 2. The van der Waals surface area contributed by atoms with Crippen LogP contribution in [0.15, 0.2) is 42.5 Å². The highest BCUT2D eigenvalue weighted by molar-refractivity contribution is 7.88. The monoisotopic (exact) mass is 479 g/mol. The number of fused-ring (bicyclic) bond motifs is 1. The third-order valence-corrected chi connectivity index (χ3v) is 8.87. The van der Waals surface area contributed by atoms with Gasteiger partial charge >= 0.3 is 0 Å². The van der Waals surface area contributed by atoms with Gasteiger partial charge < -0.3 is 15.0 Å². The average molecular weight is 480 g/mol. The second kappa shape index (κ2) is 8.82. The molecule has 2 aromatic carbocycles. The van der Waals surface area contributed by atoms with Crippen LogP contribution in [0.5, 0.6) is 0 Å². The maximum absolute atomic E-state index is 14.6. The molecule has 3 fully saturated rings. The van der Waals surface area contributed by atoms with Gasteiger partial charge in [-0.25, -0.2) is 17.1 Å². The Morgan fingerprint density at radius 1 is 1.06 bits per heavy atom. The summed E-state index contributed by atoms with van der Waals surface area (Å²) < 4.78 is 47.1. The predicted molar refractivity (Wildman–Crippen MR) is 124 cm³/mol. The number of halogens is 2. The van der Waals surface area contributed by atoms with E-state index in [1.54, 1.807) is 34.6 Å². The first kappa shape index (κ1) is 21.9. The molecule has 9 heteroatoms. The third kappa shape index (κ3) is 4.59. The summed E-state index contributed by atoms with van der Waals surface area (Å²) in [5, 5.41) is 3.94. The van der Waals surface area contributed by atoms with Gasteiger partial charge in [-0.2, -0.15) is 0 Å². The maximum atomic E-state index is 14.6. The van der Waals surface area contributed by atoms with Gasteiger partial charge in [-0.1, -0.05) is 23.7 Å². The molecule has 0 aromatic heterocycles. The molecule has 0 bridgehead atoms. The standard InChI is InChI=1S/C23H27ClFN3O3S/c24-17-3-1-16(2-4-17)15-32(29,30)28-13-20-19(21(20)14-28)12-26-18-5-6-23(22(25)11-18)27-7-9-31-10-8-27/h1-6,11,19-21,26H,7-10,12-15H2. The van der Waals surface area contributed by atoms with Crippen molar-refractivity contribution in [2.45, 2.75) is 5.75 Å². The van der Waals surface area contributed by atoms with Crippen LogP contribution in [0.1, 0.15) is 5.56 Å². The Bertz CT molecular complexity index is 1060. The van der Waals surface area contributed by atoms with Crippen LogP contribution in [0.3, 0.4) is 0 Å². The van der Waals surface area contributed by atoms with E-state index >= 15 is 0 Å². The molecule has 32 heavy (non-hydrogen) atoms. The van der Waals surface area contributed by atoms with Gasteiger partial charge in [0, 0.05) is 43.4 Å². The van der Waals surface area contributed by atoms with Crippen LogP contribution in [-0.4, -0.2) is 58.7 Å². The molecule has 2 heterocycles. The van der Waals surface area contributed by atoms with Crippen molar-refractivity contribution in [2.24, 2.45) is 17.8 Å². The lowest BCUT2D eigenvalue weighted by Crippen LogP contribution is -2.36. The number of ether oxygens (including phenoxy) is 1. The summed E-state index contributed by atoms with van der Waals surface area (Å²) in [6.07, 6.45) is 0. The van der Waals surface area contributed by atoms with E-state index in [9.17, 15) is 12.8 Å². The molecule has 6 nitrogen and oxygen atoms in total. The van der Waals surface area contributed by atoms with Gasteiger partial charge in [0.05, 0.1) is 24.7 Å². The summed E-state index contributed by atoms with van der Waals surface area (Å²) in [4.78, 5) is 2.01. The van der Waals surface area contributed by atoms with Crippen LogP contribution in [-0.2, 0) is 20.5 Å². The smallest absolute Gasteiger partial charge is 0.218 e. The van der Waals surface area contributed by atoms with Crippen LogP contribution in [0, 0.1) is 23.6 Å². The fraction of sp³-hybridized carbons (Fsp3) is 0.478. The topological polar surface area (TPSA) is 61.9 Å². The van der Waals surface area contributed by atoms with Gasteiger partial charge in [0.15, 0.2) is 0 Å². The zero-order chi connectivity index (χ0) is 22.3. The van der Waals surface area contributed by atoms with Gasteiger partial charge in [-0.05, 0) is 53.6 Å². The Morgan fingerprint density at radius 3 is 2.41 bits per heavy atom. The number of piperidine rings is 1. The first-order valence-corrected chi connectivity index (χ1v) is 13.0. The van der Waals surface area contributed by atoms with Crippen LogP contribution < -0.4 is 10.2 Å². The fourth-order valence-electron chi connectivity index (χ4n) is 4.94. The third-order valence-electron chi connectivity index (χ3n) is 6.83. The Kier molecular flexibility index (Phi) is 6.05. The molecule has 1 aliphatic carbocycles. The SMILES string of the molecule is O=S(=O)(Cc1ccc(Cl)cc1)N1CC2C(CNc3ccc(N4CCOCC4)c(F)c3)C2C1. The number of anilines is 2. The van der Waals surface area contributed by atoms with E-state index in [0.29, 0.717) is 67.9 Å². The molecule has 172 valence electrons. The lowest BCUT2D eigenvalue weighted by atomic mass is 10.2. The second-order valence-corrected chi connectivity index (χ2v) is 11.2. The number of hydrogen-bond acceptors (Lipinski definition) is 5. The summed E-state index contributed by atoms with van der Waals surface area (Å²) in [7, 11) is -3.33. The molecule has 2 aliphatic heterocycles. The Morgan fingerprint density at radius 2 is 1.75 bits per heavy atom. The van der Waals surface area contributed by atoms with Crippen molar-refractivity contribution >= 4 is 33.0 Å². The molecule has 2 unspecified atom stereocenters. The summed E-state index contributed by atoms with van der Waals surface area (Å²) >= 11 is 5.88.